The van der Waals surface area contributed by atoms with Crippen LogP contribution in [0.4, 0.5) is 0 Å². The Hall–Kier alpha value is -2.22. The van der Waals surface area contributed by atoms with E-state index in [1.165, 1.54) is 64.2 Å². The van der Waals surface area contributed by atoms with Crippen LogP contribution in [0.1, 0.15) is 162 Å². The number of allylic oxidation sites excluding steroid dienone is 11. The van der Waals surface area contributed by atoms with Gasteiger partial charge in [-0.05, 0) is 89.5 Å². The number of rotatable bonds is 38. The SMILES string of the molecule is CCC=CCC=CCC=CCC=CCCCCCCC(=O)OC(COC=CCCCCCCC=CCCCCCCCC)COP(=O)(O)OCCN. The topological polar surface area (TPSA) is 117 Å². The number of carbonyl (C=O) groups excluding carboxylic acids is 1. The van der Waals surface area contributed by atoms with Gasteiger partial charge in [0.05, 0.1) is 19.5 Å². The predicted octanol–water partition coefficient (Wildman–Crippen LogP) is 12.3. The number of hydrogen-bond acceptors (Lipinski definition) is 7. The first-order chi connectivity index (χ1) is 25.4. The summed E-state index contributed by atoms with van der Waals surface area (Å²) in [6, 6.07) is 0. The van der Waals surface area contributed by atoms with Crippen LogP contribution in [-0.2, 0) is 27.9 Å². The fourth-order valence-corrected chi connectivity index (χ4v) is 5.95. The van der Waals surface area contributed by atoms with E-state index in [-0.39, 0.29) is 38.8 Å². The fraction of sp³-hybridized carbons (Fsp3) is 0.698. The van der Waals surface area contributed by atoms with Crippen molar-refractivity contribution in [1.29, 1.82) is 0 Å². The average Bonchev–Trinajstić information content (AvgIpc) is 3.13. The Morgan fingerprint density at radius 3 is 1.65 bits per heavy atom. The first kappa shape index (κ1) is 49.8. The summed E-state index contributed by atoms with van der Waals surface area (Å²) in [6.07, 6.45) is 50.1. The van der Waals surface area contributed by atoms with Crippen molar-refractivity contribution in [3.05, 3.63) is 73.1 Å². The van der Waals surface area contributed by atoms with Crippen molar-refractivity contribution in [2.45, 2.75) is 168 Å². The van der Waals surface area contributed by atoms with Crippen LogP contribution < -0.4 is 5.73 Å². The molecule has 2 atom stereocenters. The zero-order valence-electron chi connectivity index (χ0n) is 33.0. The molecule has 0 saturated carbocycles. The number of carbonyl (C=O) groups is 1. The van der Waals surface area contributed by atoms with Gasteiger partial charge in [-0.2, -0.15) is 0 Å². The highest BCUT2D eigenvalue weighted by atomic mass is 31.2. The first-order valence-electron chi connectivity index (χ1n) is 20.5. The third kappa shape index (κ3) is 39.0. The molecule has 2 unspecified atom stereocenters. The van der Waals surface area contributed by atoms with Gasteiger partial charge in [-0.1, -0.05) is 132 Å². The van der Waals surface area contributed by atoms with Gasteiger partial charge in [0.15, 0.2) is 6.10 Å². The Bertz CT molecular complexity index is 1020. The molecule has 0 heterocycles. The number of hydrogen-bond donors (Lipinski definition) is 2. The van der Waals surface area contributed by atoms with E-state index in [1.54, 1.807) is 6.26 Å². The Morgan fingerprint density at radius 1 is 0.615 bits per heavy atom. The minimum atomic E-state index is -4.30. The van der Waals surface area contributed by atoms with Crippen molar-refractivity contribution in [3.63, 3.8) is 0 Å². The summed E-state index contributed by atoms with van der Waals surface area (Å²) in [7, 11) is -4.30. The minimum absolute atomic E-state index is 0.0130. The van der Waals surface area contributed by atoms with Gasteiger partial charge in [-0.15, -0.1) is 0 Å². The maximum Gasteiger partial charge on any atom is 0.472 e. The van der Waals surface area contributed by atoms with Crippen molar-refractivity contribution in [3.8, 4) is 0 Å². The smallest absolute Gasteiger partial charge is 0.472 e. The number of ether oxygens (including phenoxy) is 2. The molecule has 8 nitrogen and oxygen atoms in total. The zero-order chi connectivity index (χ0) is 38.1. The summed E-state index contributed by atoms with van der Waals surface area (Å²) in [4.78, 5) is 22.4. The van der Waals surface area contributed by atoms with E-state index >= 15 is 0 Å². The third-order valence-corrected chi connectivity index (χ3v) is 9.16. The van der Waals surface area contributed by atoms with Gasteiger partial charge < -0.3 is 20.1 Å². The molecule has 0 aliphatic carbocycles. The molecule has 0 spiro atoms. The summed E-state index contributed by atoms with van der Waals surface area (Å²) >= 11 is 0. The summed E-state index contributed by atoms with van der Waals surface area (Å²) < 4.78 is 33.1. The van der Waals surface area contributed by atoms with Crippen LogP contribution >= 0.6 is 7.82 Å². The van der Waals surface area contributed by atoms with Gasteiger partial charge in [0.2, 0.25) is 0 Å². The minimum Gasteiger partial charge on any atom is -0.498 e. The zero-order valence-corrected chi connectivity index (χ0v) is 33.9. The number of nitrogens with two attached hydrogens (primary N) is 1. The highest BCUT2D eigenvalue weighted by molar-refractivity contribution is 7.47. The molecule has 52 heavy (non-hydrogen) atoms. The van der Waals surface area contributed by atoms with Crippen LogP contribution in [0, 0.1) is 0 Å². The summed E-state index contributed by atoms with van der Waals surface area (Å²) in [6.45, 7) is 4.06. The van der Waals surface area contributed by atoms with E-state index in [1.807, 2.05) is 6.08 Å². The molecule has 0 aliphatic heterocycles. The molecule has 0 aromatic rings. The van der Waals surface area contributed by atoms with Crippen LogP contribution in [0.3, 0.4) is 0 Å². The molecule has 9 heteroatoms. The van der Waals surface area contributed by atoms with Gasteiger partial charge in [-0.25, -0.2) is 4.57 Å². The molecule has 0 amide bonds. The van der Waals surface area contributed by atoms with Crippen LogP contribution in [0.5, 0.6) is 0 Å². The van der Waals surface area contributed by atoms with Gasteiger partial charge in [0.1, 0.15) is 6.61 Å². The second-order valence-electron chi connectivity index (χ2n) is 13.2. The second-order valence-corrected chi connectivity index (χ2v) is 14.6. The molecule has 3 N–H and O–H groups in total. The molecule has 0 saturated heterocycles. The van der Waals surface area contributed by atoms with Gasteiger partial charge >= 0.3 is 13.8 Å². The van der Waals surface area contributed by atoms with Crippen LogP contribution in [0.25, 0.3) is 0 Å². The number of unbranched alkanes of at least 4 members (excludes halogenated alkanes) is 15. The third-order valence-electron chi connectivity index (χ3n) is 8.17. The van der Waals surface area contributed by atoms with Gasteiger partial charge in [0.25, 0.3) is 0 Å². The van der Waals surface area contributed by atoms with E-state index < -0.39 is 13.9 Å². The lowest BCUT2D eigenvalue weighted by molar-refractivity contribution is -0.153. The standard InChI is InChI=1S/C43H76NO7P/c1-3-5-7-9-11-13-15-17-19-21-22-24-26-28-30-32-34-36-43(45)51-42(41-50-52(46,47)49-39-37-44)40-48-38-35-33-31-29-27-25-23-20-18-16-14-12-10-8-6-4-2/h5,7,11,13,17-20,22,24,35,38,42H,3-4,6,8-10,12,14-16,21,23,25-34,36-37,39-41,44H2,1-2H3,(H,46,47). The van der Waals surface area contributed by atoms with E-state index in [9.17, 15) is 14.3 Å². The summed E-state index contributed by atoms with van der Waals surface area (Å²) in [5, 5.41) is 0. The summed E-state index contributed by atoms with van der Waals surface area (Å²) in [5.74, 6) is -0.381. The van der Waals surface area contributed by atoms with Crippen molar-refractivity contribution in [1.82, 2.24) is 0 Å². The Balaban J connectivity index is 4.20. The predicted molar refractivity (Wildman–Crippen MR) is 219 cm³/mol. The molecule has 0 aromatic heterocycles. The molecular formula is C43H76NO7P. The lowest BCUT2D eigenvalue weighted by Gasteiger charge is -2.19. The van der Waals surface area contributed by atoms with Crippen molar-refractivity contribution < 1.29 is 32.8 Å². The van der Waals surface area contributed by atoms with Crippen molar-refractivity contribution in [2.24, 2.45) is 5.73 Å². The Morgan fingerprint density at radius 2 is 1.10 bits per heavy atom. The second kappa shape index (κ2) is 40.0. The van der Waals surface area contributed by atoms with Crippen LogP contribution in [0.2, 0.25) is 0 Å². The monoisotopic (exact) mass is 750 g/mol. The largest absolute Gasteiger partial charge is 0.498 e. The Labute approximate surface area is 318 Å². The highest BCUT2D eigenvalue weighted by Gasteiger charge is 2.25. The fourth-order valence-electron chi connectivity index (χ4n) is 5.18. The summed E-state index contributed by atoms with van der Waals surface area (Å²) in [5.41, 5.74) is 5.35. The maximum absolute atomic E-state index is 12.5. The molecule has 0 radical (unpaired) electrons. The van der Waals surface area contributed by atoms with Gasteiger partial charge in [-0.3, -0.25) is 13.8 Å². The van der Waals surface area contributed by atoms with Crippen LogP contribution in [-0.4, -0.2) is 43.3 Å². The van der Waals surface area contributed by atoms with E-state index in [0.717, 1.165) is 77.0 Å². The Kier molecular flexibility index (Phi) is 38.3. The normalized spacial score (nSPS) is 14.2. The lowest BCUT2D eigenvalue weighted by atomic mass is 10.1. The lowest BCUT2D eigenvalue weighted by Crippen LogP contribution is -2.27. The molecule has 0 aromatic carbocycles. The molecule has 0 fully saturated rings. The number of phosphoric acid groups is 1. The van der Waals surface area contributed by atoms with Crippen molar-refractivity contribution >= 4 is 13.8 Å². The molecule has 0 bridgehead atoms. The molecule has 0 aliphatic rings. The molecular weight excluding hydrogens is 673 g/mol. The molecule has 300 valence electrons. The van der Waals surface area contributed by atoms with Crippen LogP contribution in [0.15, 0.2) is 73.1 Å². The quantitative estimate of drug-likeness (QED) is 0.0211. The number of esters is 1. The first-order valence-corrected chi connectivity index (χ1v) is 22.0. The van der Waals surface area contributed by atoms with E-state index in [4.69, 9.17) is 24.3 Å². The van der Waals surface area contributed by atoms with Gasteiger partial charge in [0, 0.05) is 13.0 Å². The average molecular weight is 750 g/mol. The van der Waals surface area contributed by atoms with E-state index in [2.05, 4.69) is 74.6 Å². The van der Waals surface area contributed by atoms with Crippen molar-refractivity contribution in [2.75, 3.05) is 26.4 Å². The maximum atomic E-state index is 12.5. The number of phosphoric ester groups is 1. The highest BCUT2D eigenvalue weighted by Crippen LogP contribution is 2.43. The van der Waals surface area contributed by atoms with E-state index in [0.29, 0.717) is 0 Å². The molecule has 0 rings (SSSR count).